The number of benzene rings is 2. The molecule has 28 heavy (non-hydrogen) atoms. The maximum absolute atomic E-state index is 12.8. The number of ether oxygens (including phenoxy) is 2. The maximum atomic E-state index is 12.8. The van der Waals surface area contributed by atoms with Gasteiger partial charge in [-0.05, 0) is 48.5 Å². The summed E-state index contributed by atoms with van der Waals surface area (Å²) >= 11 is 0. The number of methoxy groups -OCH3 is 1. The van der Waals surface area contributed by atoms with Crippen LogP contribution in [0.4, 0.5) is 4.39 Å². The van der Waals surface area contributed by atoms with Crippen LogP contribution in [0.2, 0.25) is 0 Å². The predicted molar refractivity (Wildman–Crippen MR) is 96.4 cm³/mol. The Labute approximate surface area is 160 Å². The molecule has 2 aromatic carbocycles. The van der Waals surface area contributed by atoms with E-state index in [4.69, 9.17) is 9.47 Å². The van der Waals surface area contributed by atoms with Crippen LogP contribution in [0.3, 0.4) is 0 Å². The van der Waals surface area contributed by atoms with E-state index in [2.05, 4.69) is 10.1 Å². The molecule has 2 rings (SSSR count). The SMILES string of the molecule is COc1ccc(S(=O)(=O)NCC(=O)NNC(=O)COc2ccc(F)cc2)cc1. The summed E-state index contributed by atoms with van der Waals surface area (Å²) < 4.78 is 49.1. The molecular weight excluding hydrogens is 393 g/mol. The van der Waals surface area contributed by atoms with Crippen molar-refractivity contribution in [3.8, 4) is 11.5 Å². The minimum atomic E-state index is -3.90. The Hall–Kier alpha value is -3.18. The third-order valence-corrected chi connectivity index (χ3v) is 4.73. The standard InChI is InChI=1S/C17H18FN3O6S/c1-26-13-6-8-15(9-7-13)28(24,25)19-10-16(22)20-21-17(23)11-27-14-4-2-12(18)3-5-14/h2-9,19H,10-11H2,1H3,(H,20,22)(H,21,23). The molecule has 0 aliphatic carbocycles. The summed E-state index contributed by atoms with van der Waals surface area (Å²) in [4.78, 5) is 23.2. The summed E-state index contributed by atoms with van der Waals surface area (Å²) in [5.41, 5.74) is 4.11. The molecule has 0 aromatic heterocycles. The number of sulfonamides is 1. The smallest absolute Gasteiger partial charge is 0.276 e. The van der Waals surface area contributed by atoms with Gasteiger partial charge in [-0.3, -0.25) is 20.4 Å². The maximum Gasteiger partial charge on any atom is 0.276 e. The second-order valence-corrected chi connectivity index (χ2v) is 7.11. The highest BCUT2D eigenvalue weighted by Gasteiger charge is 2.16. The van der Waals surface area contributed by atoms with Crippen molar-refractivity contribution < 1.29 is 31.9 Å². The molecule has 0 spiro atoms. The van der Waals surface area contributed by atoms with Gasteiger partial charge in [0.05, 0.1) is 18.6 Å². The molecule has 2 amide bonds. The lowest BCUT2D eigenvalue weighted by Crippen LogP contribution is -2.47. The molecule has 2 aromatic rings. The summed E-state index contributed by atoms with van der Waals surface area (Å²) in [6, 6.07) is 10.6. The summed E-state index contributed by atoms with van der Waals surface area (Å²) in [5, 5.41) is 0. The molecule has 9 nitrogen and oxygen atoms in total. The van der Waals surface area contributed by atoms with Crippen molar-refractivity contribution in [1.82, 2.24) is 15.6 Å². The normalized spacial score (nSPS) is 10.8. The molecule has 0 atom stereocenters. The predicted octanol–water partition coefficient (Wildman–Crippen LogP) is 0.339. The zero-order chi connectivity index (χ0) is 20.6. The van der Waals surface area contributed by atoms with Crippen molar-refractivity contribution in [3.05, 3.63) is 54.3 Å². The minimum absolute atomic E-state index is 0.0437. The van der Waals surface area contributed by atoms with Crippen LogP contribution < -0.4 is 25.0 Å². The Kier molecular flexibility index (Phi) is 7.29. The molecule has 0 saturated heterocycles. The van der Waals surface area contributed by atoms with Gasteiger partial charge in [-0.2, -0.15) is 0 Å². The molecule has 0 aliphatic rings. The van der Waals surface area contributed by atoms with E-state index in [1.807, 2.05) is 5.43 Å². The van der Waals surface area contributed by atoms with E-state index in [9.17, 15) is 22.4 Å². The van der Waals surface area contributed by atoms with Gasteiger partial charge in [0.15, 0.2) is 6.61 Å². The molecule has 150 valence electrons. The number of carbonyl (C=O) groups is 2. The molecule has 11 heteroatoms. The molecule has 0 heterocycles. The lowest BCUT2D eigenvalue weighted by atomic mass is 10.3. The van der Waals surface area contributed by atoms with Crippen molar-refractivity contribution in [1.29, 1.82) is 0 Å². The molecule has 0 unspecified atom stereocenters. The van der Waals surface area contributed by atoms with E-state index in [1.54, 1.807) is 0 Å². The topological polar surface area (TPSA) is 123 Å². The number of amides is 2. The first kappa shape index (κ1) is 21.1. The Balaban J connectivity index is 1.73. The van der Waals surface area contributed by atoms with Gasteiger partial charge in [0.2, 0.25) is 10.0 Å². The van der Waals surface area contributed by atoms with Crippen molar-refractivity contribution in [2.75, 3.05) is 20.3 Å². The average Bonchev–Trinajstić information content (AvgIpc) is 2.70. The van der Waals surface area contributed by atoms with Crippen LogP contribution in [0, 0.1) is 5.82 Å². The lowest BCUT2D eigenvalue weighted by Gasteiger charge is -2.10. The van der Waals surface area contributed by atoms with Crippen LogP contribution in [-0.2, 0) is 19.6 Å². The summed E-state index contributed by atoms with van der Waals surface area (Å²) in [5.74, 6) is -1.15. The van der Waals surface area contributed by atoms with Crippen LogP contribution in [-0.4, -0.2) is 40.5 Å². The van der Waals surface area contributed by atoms with Crippen molar-refractivity contribution in [2.45, 2.75) is 4.90 Å². The highest BCUT2D eigenvalue weighted by molar-refractivity contribution is 7.89. The number of halogens is 1. The van der Waals surface area contributed by atoms with Crippen molar-refractivity contribution in [3.63, 3.8) is 0 Å². The van der Waals surface area contributed by atoms with Crippen molar-refractivity contribution in [2.24, 2.45) is 0 Å². The first-order chi connectivity index (χ1) is 13.3. The van der Waals surface area contributed by atoms with E-state index >= 15 is 0 Å². The van der Waals surface area contributed by atoms with Crippen molar-refractivity contribution >= 4 is 21.8 Å². The van der Waals surface area contributed by atoms with Crippen LogP contribution in [0.25, 0.3) is 0 Å². The van der Waals surface area contributed by atoms with Gasteiger partial charge in [0, 0.05) is 0 Å². The second kappa shape index (κ2) is 9.67. The molecule has 0 fully saturated rings. The first-order valence-corrected chi connectivity index (χ1v) is 9.38. The first-order valence-electron chi connectivity index (χ1n) is 7.90. The number of hydrazine groups is 1. The minimum Gasteiger partial charge on any atom is -0.497 e. The highest BCUT2D eigenvalue weighted by atomic mass is 32.2. The van der Waals surface area contributed by atoms with Gasteiger partial charge in [-0.15, -0.1) is 0 Å². The monoisotopic (exact) mass is 411 g/mol. The van der Waals surface area contributed by atoms with Gasteiger partial charge < -0.3 is 9.47 Å². The van der Waals surface area contributed by atoms with Crippen LogP contribution in [0.1, 0.15) is 0 Å². The lowest BCUT2D eigenvalue weighted by molar-refractivity contribution is -0.129. The number of nitrogens with one attached hydrogen (secondary N) is 3. The summed E-state index contributed by atoms with van der Waals surface area (Å²) in [6.07, 6.45) is 0. The fourth-order valence-electron chi connectivity index (χ4n) is 1.90. The molecule has 0 bridgehead atoms. The average molecular weight is 411 g/mol. The summed E-state index contributed by atoms with van der Waals surface area (Å²) in [6.45, 7) is -1.02. The largest absolute Gasteiger partial charge is 0.497 e. The molecule has 3 N–H and O–H groups in total. The van der Waals surface area contributed by atoms with Gasteiger partial charge in [-0.1, -0.05) is 0 Å². The highest BCUT2D eigenvalue weighted by Crippen LogP contribution is 2.15. The van der Waals surface area contributed by atoms with E-state index in [0.29, 0.717) is 5.75 Å². The van der Waals surface area contributed by atoms with E-state index in [0.717, 1.165) is 0 Å². The number of rotatable bonds is 8. The number of carbonyl (C=O) groups excluding carboxylic acids is 2. The zero-order valence-corrected chi connectivity index (χ0v) is 15.6. The van der Waals surface area contributed by atoms with Crippen LogP contribution in [0.15, 0.2) is 53.4 Å². The molecule has 0 aliphatic heterocycles. The van der Waals surface area contributed by atoms with Crippen LogP contribution >= 0.6 is 0 Å². The second-order valence-electron chi connectivity index (χ2n) is 5.34. The Bertz CT molecular complexity index is 917. The van der Waals surface area contributed by atoms with Gasteiger partial charge in [-0.25, -0.2) is 17.5 Å². The van der Waals surface area contributed by atoms with Gasteiger partial charge in [0.25, 0.3) is 11.8 Å². The van der Waals surface area contributed by atoms with Gasteiger partial charge in [0.1, 0.15) is 17.3 Å². The molecular formula is C17H18FN3O6S. The summed E-state index contributed by atoms with van der Waals surface area (Å²) in [7, 11) is -2.45. The van der Waals surface area contributed by atoms with Gasteiger partial charge >= 0.3 is 0 Å². The Morgan fingerprint density at radius 1 is 0.929 bits per heavy atom. The number of hydrogen-bond donors (Lipinski definition) is 3. The molecule has 0 radical (unpaired) electrons. The fraction of sp³-hybridized carbons (Fsp3) is 0.176. The third kappa shape index (κ3) is 6.52. The quantitative estimate of drug-likeness (QED) is 0.539. The zero-order valence-electron chi connectivity index (χ0n) is 14.8. The van der Waals surface area contributed by atoms with E-state index in [-0.39, 0.29) is 10.6 Å². The Morgan fingerprint density at radius 3 is 2.11 bits per heavy atom. The Morgan fingerprint density at radius 2 is 1.50 bits per heavy atom. The van der Waals surface area contributed by atoms with Crippen LogP contribution in [0.5, 0.6) is 11.5 Å². The third-order valence-electron chi connectivity index (χ3n) is 3.32. The fourth-order valence-corrected chi connectivity index (χ4v) is 2.88. The molecule has 0 saturated carbocycles. The van der Waals surface area contributed by atoms with E-state index < -0.39 is 40.8 Å². The number of hydrogen-bond acceptors (Lipinski definition) is 6. The van der Waals surface area contributed by atoms with E-state index in [1.165, 1.54) is 55.6 Å².